The lowest BCUT2D eigenvalue weighted by molar-refractivity contribution is -0.658. The first kappa shape index (κ1) is 21.4. The highest BCUT2D eigenvalue weighted by molar-refractivity contribution is 9.10. The van der Waals surface area contributed by atoms with Crippen LogP contribution < -0.4 is 26.3 Å². The summed E-state index contributed by atoms with van der Waals surface area (Å²) < 4.78 is 11.3. The first-order valence-electron chi connectivity index (χ1n) is 10.7. The fourth-order valence-electron chi connectivity index (χ4n) is 5.01. The third kappa shape index (κ3) is 3.59. The van der Waals surface area contributed by atoms with Crippen LogP contribution in [0.3, 0.4) is 0 Å². The molecule has 0 saturated carbocycles. The van der Waals surface area contributed by atoms with Crippen LogP contribution in [0.2, 0.25) is 0 Å². The topological polar surface area (TPSA) is 35.1 Å². The van der Waals surface area contributed by atoms with E-state index in [-0.39, 0.29) is 28.8 Å². The quantitative estimate of drug-likeness (QED) is 0.286. The number of ether oxygens (including phenoxy) is 1. The van der Waals surface area contributed by atoms with Gasteiger partial charge in [0.1, 0.15) is 11.8 Å². The number of benzene rings is 3. The number of nitrogens with zero attached hydrogens (tertiary/aromatic N) is 2. The standard InChI is InChI=1S/C26H22BrN2O2.BrH/c27-20-8-5-17(6-9-20)25(30)15-28-16-29(24-4-2-1-3-23(24)28)22-10-7-18-13-19-11-12-31-26(19)14-21(18)22;/h1-6,8-9,13-14,16,22H,7,10-12,15H2;1H/q+1;/p-1. The molecule has 1 aliphatic heterocycles. The number of para-hydroxylation sites is 2. The lowest BCUT2D eigenvalue weighted by atomic mass is 10.0. The van der Waals surface area contributed by atoms with Crippen molar-refractivity contribution in [1.82, 2.24) is 4.57 Å². The molecule has 1 unspecified atom stereocenters. The van der Waals surface area contributed by atoms with E-state index < -0.39 is 0 Å². The van der Waals surface area contributed by atoms with Gasteiger partial charge in [0.25, 0.3) is 0 Å². The number of rotatable bonds is 4. The Morgan fingerprint density at radius 1 is 1.06 bits per heavy atom. The Morgan fingerprint density at radius 3 is 2.72 bits per heavy atom. The van der Waals surface area contributed by atoms with Crippen molar-refractivity contribution in [3.63, 3.8) is 0 Å². The lowest BCUT2D eigenvalue weighted by Crippen LogP contribution is -3.00. The molecule has 4 nitrogen and oxygen atoms in total. The summed E-state index contributed by atoms with van der Waals surface area (Å²) in [6.07, 6.45) is 5.28. The van der Waals surface area contributed by atoms with Gasteiger partial charge in [0.05, 0.1) is 6.61 Å². The van der Waals surface area contributed by atoms with Crippen molar-refractivity contribution in [3.05, 3.63) is 93.7 Å². The number of carbonyl (C=O) groups is 1. The van der Waals surface area contributed by atoms with Gasteiger partial charge in [-0.3, -0.25) is 4.79 Å². The zero-order valence-electron chi connectivity index (χ0n) is 17.4. The van der Waals surface area contributed by atoms with Crippen LogP contribution in [0.4, 0.5) is 0 Å². The highest BCUT2D eigenvalue weighted by Crippen LogP contribution is 2.40. The molecule has 0 radical (unpaired) electrons. The van der Waals surface area contributed by atoms with Crippen LogP contribution in [0, 0.1) is 0 Å². The van der Waals surface area contributed by atoms with E-state index in [2.05, 4.69) is 61.7 Å². The largest absolute Gasteiger partial charge is 1.00 e. The summed E-state index contributed by atoms with van der Waals surface area (Å²) in [4.78, 5) is 13.0. The Labute approximate surface area is 205 Å². The summed E-state index contributed by atoms with van der Waals surface area (Å²) in [5, 5.41) is 0. The van der Waals surface area contributed by atoms with E-state index in [4.69, 9.17) is 4.74 Å². The van der Waals surface area contributed by atoms with Crippen LogP contribution in [-0.4, -0.2) is 17.0 Å². The maximum Gasteiger partial charge on any atom is 0.245 e. The molecule has 162 valence electrons. The second kappa shape index (κ2) is 8.49. The van der Waals surface area contributed by atoms with Gasteiger partial charge in [-0.15, -0.1) is 0 Å². The molecule has 1 aromatic heterocycles. The number of hydrogen-bond acceptors (Lipinski definition) is 2. The molecule has 4 aromatic rings. The van der Waals surface area contributed by atoms with Gasteiger partial charge in [0.15, 0.2) is 17.6 Å². The van der Waals surface area contributed by atoms with E-state index in [0.29, 0.717) is 6.54 Å². The predicted molar refractivity (Wildman–Crippen MR) is 123 cm³/mol. The van der Waals surface area contributed by atoms with E-state index in [9.17, 15) is 4.79 Å². The zero-order chi connectivity index (χ0) is 20.9. The number of Topliss-reactive ketones (excluding diaryl/α,β-unsaturated/α-hetero) is 1. The molecule has 0 bridgehead atoms. The molecule has 0 spiro atoms. The van der Waals surface area contributed by atoms with Gasteiger partial charge in [-0.1, -0.05) is 46.3 Å². The minimum atomic E-state index is 0. The number of halogens is 2. The summed E-state index contributed by atoms with van der Waals surface area (Å²) in [5.74, 6) is 1.15. The fourth-order valence-corrected chi connectivity index (χ4v) is 5.28. The van der Waals surface area contributed by atoms with Crippen LogP contribution in [0.5, 0.6) is 5.75 Å². The number of aromatic nitrogens is 2. The van der Waals surface area contributed by atoms with Gasteiger partial charge >= 0.3 is 0 Å². The average molecular weight is 554 g/mol. The summed E-state index contributed by atoms with van der Waals surface area (Å²) in [6, 6.07) is 20.8. The monoisotopic (exact) mass is 552 g/mol. The lowest BCUT2D eigenvalue weighted by Gasteiger charge is -2.10. The maximum atomic E-state index is 13.0. The fraction of sp³-hybridized carbons (Fsp3) is 0.231. The molecule has 0 saturated heterocycles. The Hall–Kier alpha value is -2.44. The molecule has 0 amide bonds. The SMILES string of the molecule is O=C(C[n+]1cn(C2CCc3cc4c(cc32)OCC4)c2ccccc21)c1ccc(Br)cc1.[Br-]. The van der Waals surface area contributed by atoms with Gasteiger partial charge in [0, 0.05) is 22.0 Å². The first-order chi connectivity index (χ1) is 15.2. The normalized spacial score (nSPS) is 16.3. The molecule has 1 aliphatic carbocycles. The van der Waals surface area contributed by atoms with E-state index in [0.717, 1.165) is 52.7 Å². The van der Waals surface area contributed by atoms with Gasteiger partial charge in [-0.25, -0.2) is 9.13 Å². The van der Waals surface area contributed by atoms with Gasteiger partial charge in [0.2, 0.25) is 12.1 Å². The van der Waals surface area contributed by atoms with E-state index in [1.165, 1.54) is 16.7 Å². The average Bonchev–Trinajstić information content (AvgIpc) is 3.49. The van der Waals surface area contributed by atoms with Gasteiger partial charge in [-0.2, -0.15) is 0 Å². The third-order valence-electron chi connectivity index (χ3n) is 6.55. The number of imidazole rings is 1. The van der Waals surface area contributed by atoms with E-state index >= 15 is 0 Å². The molecule has 2 aliphatic rings. The summed E-state index contributed by atoms with van der Waals surface area (Å²) in [5.41, 5.74) is 7.10. The molecule has 6 rings (SSSR count). The molecule has 1 atom stereocenters. The van der Waals surface area contributed by atoms with Crippen molar-refractivity contribution in [2.24, 2.45) is 0 Å². The summed E-state index contributed by atoms with van der Waals surface area (Å²) in [6.45, 7) is 1.11. The number of aryl methyl sites for hydroxylation is 1. The summed E-state index contributed by atoms with van der Waals surface area (Å²) >= 11 is 3.44. The van der Waals surface area contributed by atoms with Crippen molar-refractivity contribution in [2.75, 3.05) is 6.61 Å². The Bertz CT molecular complexity index is 1330. The van der Waals surface area contributed by atoms with Gasteiger partial charge in [-0.05, 0) is 54.3 Å². The van der Waals surface area contributed by atoms with Crippen molar-refractivity contribution in [2.45, 2.75) is 31.8 Å². The smallest absolute Gasteiger partial charge is 0.245 e. The summed E-state index contributed by atoms with van der Waals surface area (Å²) in [7, 11) is 0. The maximum absolute atomic E-state index is 13.0. The number of carbonyl (C=O) groups excluding carboxylic acids is 1. The van der Waals surface area contributed by atoms with Crippen molar-refractivity contribution >= 4 is 32.7 Å². The van der Waals surface area contributed by atoms with Crippen molar-refractivity contribution < 1.29 is 31.1 Å². The molecule has 2 heterocycles. The Morgan fingerprint density at radius 2 is 1.88 bits per heavy atom. The molecule has 0 N–H and O–H groups in total. The third-order valence-corrected chi connectivity index (χ3v) is 7.08. The van der Waals surface area contributed by atoms with Crippen LogP contribution in [0.25, 0.3) is 11.0 Å². The number of fused-ring (bicyclic) bond motifs is 3. The van der Waals surface area contributed by atoms with Crippen LogP contribution in [-0.2, 0) is 19.4 Å². The Kier molecular flexibility index (Phi) is 5.68. The van der Waals surface area contributed by atoms with Crippen LogP contribution in [0.1, 0.15) is 39.5 Å². The molecule has 0 fully saturated rings. The Balaban J connectivity index is 0.00000216. The van der Waals surface area contributed by atoms with Crippen LogP contribution >= 0.6 is 15.9 Å². The minimum Gasteiger partial charge on any atom is -1.00 e. The van der Waals surface area contributed by atoms with E-state index in [1.54, 1.807) is 0 Å². The molecule has 6 heteroatoms. The predicted octanol–water partition coefficient (Wildman–Crippen LogP) is 2.05. The highest BCUT2D eigenvalue weighted by atomic mass is 79.9. The van der Waals surface area contributed by atoms with Crippen LogP contribution in [0.15, 0.2) is 71.5 Å². The number of hydrogen-bond donors (Lipinski definition) is 0. The van der Waals surface area contributed by atoms with E-state index in [1.807, 2.05) is 30.3 Å². The molecule has 3 aromatic carbocycles. The molecule has 32 heavy (non-hydrogen) atoms. The minimum absolute atomic E-state index is 0. The highest BCUT2D eigenvalue weighted by Gasteiger charge is 2.33. The molecular formula is C26H22Br2N2O2. The first-order valence-corrected chi connectivity index (χ1v) is 11.5. The van der Waals surface area contributed by atoms with Crippen molar-refractivity contribution in [3.8, 4) is 5.75 Å². The second-order valence-electron chi connectivity index (χ2n) is 8.38. The molecular weight excluding hydrogens is 532 g/mol. The zero-order valence-corrected chi connectivity index (χ0v) is 20.6. The van der Waals surface area contributed by atoms with Crippen molar-refractivity contribution in [1.29, 1.82) is 0 Å². The van der Waals surface area contributed by atoms with Gasteiger partial charge < -0.3 is 21.7 Å². The second-order valence-corrected chi connectivity index (χ2v) is 9.30. The number of ketones is 1.